The highest BCUT2D eigenvalue weighted by Gasteiger charge is 2.12. The first kappa shape index (κ1) is 14.0. The van der Waals surface area contributed by atoms with Gasteiger partial charge in [-0.15, -0.1) is 0 Å². The summed E-state index contributed by atoms with van der Waals surface area (Å²) in [4.78, 5) is 16.2. The van der Waals surface area contributed by atoms with Crippen molar-refractivity contribution >= 4 is 17.3 Å². The van der Waals surface area contributed by atoms with Crippen molar-refractivity contribution in [2.45, 2.75) is 6.61 Å². The van der Waals surface area contributed by atoms with Crippen LogP contribution in [0.5, 0.6) is 0 Å². The van der Waals surface area contributed by atoms with Gasteiger partial charge in [0.25, 0.3) is 5.91 Å². The summed E-state index contributed by atoms with van der Waals surface area (Å²) in [5, 5.41) is 2.83. The lowest BCUT2D eigenvalue weighted by Gasteiger charge is -2.12. The van der Waals surface area contributed by atoms with Gasteiger partial charge < -0.3 is 15.5 Å². The lowest BCUT2D eigenvalue weighted by molar-refractivity contribution is 0.102. The van der Waals surface area contributed by atoms with E-state index in [1.165, 1.54) is 6.20 Å². The van der Waals surface area contributed by atoms with Crippen molar-refractivity contribution in [2.75, 3.05) is 17.9 Å². The quantitative estimate of drug-likeness (QED) is 0.570. The molecule has 2 aromatic rings. The number of hydrazine groups is 1. The summed E-state index contributed by atoms with van der Waals surface area (Å²) in [5.74, 6) is 5.10. The highest BCUT2D eigenvalue weighted by molar-refractivity contribution is 6.08. The standard InChI is InChI=1S/C14H16N4O2/c1-20-9-10-4-2-3-5-12(10)17-14(19)11-8-16-7-6-13(11)18-15/h2-8H,9,15H2,1H3,(H,16,18)(H,17,19). The maximum Gasteiger partial charge on any atom is 0.259 e. The number of carbonyl (C=O) groups excluding carboxylic acids is 1. The molecule has 0 spiro atoms. The topological polar surface area (TPSA) is 89.3 Å². The zero-order chi connectivity index (χ0) is 14.4. The fourth-order valence-corrected chi connectivity index (χ4v) is 1.81. The summed E-state index contributed by atoms with van der Waals surface area (Å²) in [6, 6.07) is 9.08. The van der Waals surface area contributed by atoms with Crippen LogP contribution in [0.3, 0.4) is 0 Å². The second-order valence-electron chi connectivity index (χ2n) is 4.11. The molecule has 4 N–H and O–H groups in total. The molecule has 6 heteroatoms. The van der Waals surface area contributed by atoms with Crippen LogP contribution >= 0.6 is 0 Å². The number of ether oxygens (including phenoxy) is 1. The maximum absolute atomic E-state index is 12.3. The van der Waals surface area contributed by atoms with E-state index >= 15 is 0 Å². The van der Waals surface area contributed by atoms with Crippen molar-refractivity contribution in [3.05, 3.63) is 53.9 Å². The smallest absolute Gasteiger partial charge is 0.259 e. The molecule has 1 aromatic carbocycles. The molecule has 0 saturated heterocycles. The predicted molar refractivity (Wildman–Crippen MR) is 77.2 cm³/mol. The highest BCUT2D eigenvalue weighted by Crippen LogP contribution is 2.19. The molecule has 1 aromatic heterocycles. The zero-order valence-corrected chi connectivity index (χ0v) is 11.1. The van der Waals surface area contributed by atoms with Gasteiger partial charge in [0, 0.05) is 30.8 Å². The number of anilines is 2. The molecule has 1 amide bonds. The van der Waals surface area contributed by atoms with Crippen LogP contribution in [0.4, 0.5) is 11.4 Å². The van der Waals surface area contributed by atoms with Crippen LogP contribution in [0.15, 0.2) is 42.7 Å². The monoisotopic (exact) mass is 272 g/mol. The van der Waals surface area contributed by atoms with Crippen LogP contribution in [0.1, 0.15) is 15.9 Å². The number of nitrogens with one attached hydrogen (secondary N) is 2. The van der Waals surface area contributed by atoms with Crippen LogP contribution in [0.25, 0.3) is 0 Å². The van der Waals surface area contributed by atoms with Crippen LogP contribution in [-0.2, 0) is 11.3 Å². The molecule has 1 heterocycles. The number of hydrogen-bond acceptors (Lipinski definition) is 5. The molecule has 0 aliphatic heterocycles. The summed E-state index contributed by atoms with van der Waals surface area (Å²) in [6.45, 7) is 0.422. The minimum atomic E-state index is -0.283. The van der Waals surface area contributed by atoms with Crippen LogP contribution in [0, 0.1) is 0 Å². The number of pyridine rings is 1. The van der Waals surface area contributed by atoms with Crippen molar-refractivity contribution in [3.63, 3.8) is 0 Å². The number of rotatable bonds is 5. The Morgan fingerprint density at radius 2 is 2.10 bits per heavy atom. The van der Waals surface area contributed by atoms with Crippen molar-refractivity contribution in [2.24, 2.45) is 5.84 Å². The summed E-state index contributed by atoms with van der Waals surface area (Å²) in [6.07, 6.45) is 3.02. The van der Waals surface area contributed by atoms with E-state index in [9.17, 15) is 4.79 Å². The predicted octanol–water partition coefficient (Wildman–Crippen LogP) is 1.77. The summed E-state index contributed by atoms with van der Waals surface area (Å²) in [7, 11) is 1.61. The number of nitrogen functional groups attached to an aromatic ring is 1. The van der Waals surface area contributed by atoms with Gasteiger partial charge in [-0.3, -0.25) is 15.6 Å². The van der Waals surface area contributed by atoms with Gasteiger partial charge in [0.2, 0.25) is 0 Å². The lowest BCUT2D eigenvalue weighted by atomic mass is 10.1. The van der Waals surface area contributed by atoms with Crippen molar-refractivity contribution < 1.29 is 9.53 Å². The van der Waals surface area contributed by atoms with Gasteiger partial charge in [-0.25, -0.2) is 0 Å². The molecule has 0 atom stereocenters. The van der Waals surface area contributed by atoms with Gasteiger partial charge in [-0.1, -0.05) is 18.2 Å². The maximum atomic E-state index is 12.3. The first-order valence-electron chi connectivity index (χ1n) is 6.05. The largest absolute Gasteiger partial charge is 0.380 e. The third-order valence-electron chi connectivity index (χ3n) is 2.79. The molecule has 0 aliphatic rings. The minimum Gasteiger partial charge on any atom is -0.380 e. The van der Waals surface area contributed by atoms with Gasteiger partial charge >= 0.3 is 0 Å². The van der Waals surface area contributed by atoms with E-state index in [4.69, 9.17) is 10.6 Å². The fourth-order valence-electron chi connectivity index (χ4n) is 1.81. The molecule has 0 unspecified atom stereocenters. The molecular formula is C14H16N4O2. The number of benzene rings is 1. The molecule has 2 rings (SSSR count). The first-order chi connectivity index (χ1) is 9.76. The van der Waals surface area contributed by atoms with Gasteiger partial charge in [0.15, 0.2) is 0 Å². The molecule has 0 aliphatic carbocycles. The molecule has 0 radical (unpaired) electrons. The molecule has 20 heavy (non-hydrogen) atoms. The molecule has 104 valence electrons. The number of carbonyl (C=O) groups is 1. The second-order valence-corrected chi connectivity index (χ2v) is 4.11. The Bertz CT molecular complexity index is 601. The first-order valence-corrected chi connectivity index (χ1v) is 6.05. The van der Waals surface area contributed by atoms with Crippen LogP contribution in [-0.4, -0.2) is 18.0 Å². The van der Waals surface area contributed by atoms with E-state index in [0.29, 0.717) is 23.5 Å². The summed E-state index contributed by atoms with van der Waals surface area (Å²) < 4.78 is 5.10. The Hall–Kier alpha value is -2.44. The Morgan fingerprint density at radius 3 is 2.85 bits per heavy atom. The van der Waals surface area contributed by atoms with E-state index in [1.807, 2.05) is 24.3 Å². The third kappa shape index (κ3) is 3.11. The van der Waals surface area contributed by atoms with Crippen LogP contribution < -0.4 is 16.6 Å². The normalized spacial score (nSPS) is 10.1. The average molecular weight is 272 g/mol. The lowest BCUT2D eigenvalue weighted by Crippen LogP contribution is -2.18. The van der Waals surface area contributed by atoms with E-state index < -0.39 is 0 Å². The fraction of sp³-hybridized carbons (Fsp3) is 0.143. The SMILES string of the molecule is COCc1ccccc1NC(=O)c1cnccc1NN. The number of aromatic nitrogens is 1. The van der Waals surface area contributed by atoms with E-state index in [0.717, 1.165) is 5.56 Å². The molecular weight excluding hydrogens is 256 g/mol. The Kier molecular flexibility index (Phi) is 4.65. The molecule has 0 saturated carbocycles. The van der Waals surface area contributed by atoms with E-state index in [-0.39, 0.29) is 5.91 Å². The van der Waals surface area contributed by atoms with Gasteiger partial charge in [0.05, 0.1) is 17.9 Å². The zero-order valence-electron chi connectivity index (χ0n) is 11.1. The Labute approximate surface area is 116 Å². The van der Waals surface area contributed by atoms with Crippen molar-refractivity contribution in [1.82, 2.24) is 4.98 Å². The average Bonchev–Trinajstić information content (AvgIpc) is 2.49. The molecule has 0 bridgehead atoms. The van der Waals surface area contributed by atoms with Crippen LogP contribution in [0.2, 0.25) is 0 Å². The highest BCUT2D eigenvalue weighted by atomic mass is 16.5. The second kappa shape index (κ2) is 6.65. The van der Waals surface area contributed by atoms with Gasteiger partial charge in [0.1, 0.15) is 0 Å². The van der Waals surface area contributed by atoms with Crippen molar-refractivity contribution in [3.8, 4) is 0 Å². The van der Waals surface area contributed by atoms with Crippen molar-refractivity contribution in [1.29, 1.82) is 0 Å². The minimum absolute atomic E-state index is 0.283. The van der Waals surface area contributed by atoms with E-state index in [1.54, 1.807) is 19.4 Å². The number of para-hydroxylation sites is 1. The van der Waals surface area contributed by atoms with Gasteiger partial charge in [-0.2, -0.15) is 0 Å². The Balaban J connectivity index is 2.24. The number of hydrogen-bond donors (Lipinski definition) is 3. The molecule has 6 nitrogen and oxygen atoms in total. The number of amides is 1. The number of methoxy groups -OCH3 is 1. The molecule has 0 fully saturated rings. The summed E-state index contributed by atoms with van der Waals surface area (Å²) >= 11 is 0. The Morgan fingerprint density at radius 1 is 1.30 bits per heavy atom. The number of nitrogens with zero attached hydrogens (tertiary/aromatic N) is 1. The van der Waals surface area contributed by atoms with Gasteiger partial charge in [-0.05, 0) is 12.1 Å². The summed E-state index contributed by atoms with van der Waals surface area (Å²) in [5.41, 5.74) is 4.97. The third-order valence-corrected chi connectivity index (χ3v) is 2.79. The van der Waals surface area contributed by atoms with E-state index in [2.05, 4.69) is 15.7 Å². The number of nitrogens with two attached hydrogens (primary N) is 1.